The Balaban J connectivity index is 1.79. The minimum atomic E-state index is 0.0841. The third-order valence-corrected chi connectivity index (χ3v) is 5.00. The first-order chi connectivity index (χ1) is 10.6. The van der Waals surface area contributed by atoms with Crippen LogP contribution in [-0.2, 0) is 0 Å². The van der Waals surface area contributed by atoms with Gasteiger partial charge in [-0.1, -0.05) is 41.8 Å². The number of carbonyl (C=O) groups is 1. The number of nitrogens with one attached hydrogen (secondary N) is 1. The molecule has 0 spiro atoms. The first-order valence-electron chi connectivity index (χ1n) is 8.15. The molecule has 2 rings (SSSR count). The molecule has 0 unspecified atom stereocenters. The molecule has 1 heterocycles. The van der Waals surface area contributed by atoms with E-state index in [2.05, 4.69) is 58.2 Å². The molecule has 0 atom stereocenters. The van der Waals surface area contributed by atoms with E-state index in [1.165, 1.54) is 24.1 Å². The topological polar surface area (TPSA) is 35.6 Å². The Labute approximate surface area is 142 Å². The van der Waals surface area contributed by atoms with E-state index in [0.717, 1.165) is 43.6 Å². The summed E-state index contributed by atoms with van der Waals surface area (Å²) < 4.78 is 1.14. The molecule has 0 bridgehead atoms. The number of rotatable bonds is 5. The molecular weight excluding hydrogens is 342 g/mol. The third kappa shape index (κ3) is 4.63. The van der Waals surface area contributed by atoms with Gasteiger partial charge in [-0.15, -0.1) is 0 Å². The number of amides is 2. The Morgan fingerprint density at radius 3 is 2.59 bits per heavy atom. The summed E-state index contributed by atoms with van der Waals surface area (Å²) in [5, 5.41) is 3.02. The van der Waals surface area contributed by atoms with E-state index in [4.69, 9.17) is 0 Å². The number of anilines is 1. The zero-order valence-electron chi connectivity index (χ0n) is 13.6. The van der Waals surface area contributed by atoms with Crippen molar-refractivity contribution in [3.05, 3.63) is 28.2 Å². The molecule has 4 nitrogen and oxygen atoms in total. The van der Waals surface area contributed by atoms with Crippen molar-refractivity contribution in [1.82, 2.24) is 10.2 Å². The van der Waals surface area contributed by atoms with Gasteiger partial charge in [0.1, 0.15) is 0 Å². The van der Waals surface area contributed by atoms with Crippen LogP contribution >= 0.6 is 15.9 Å². The summed E-state index contributed by atoms with van der Waals surface area (Å²) >= 11 is 3.59. The van der Waals surface area contributed by atoms with Crippen LogP contribution < -0.4 is 10.2 Å². The smallest absolute Gasteiger partial charge is 0.317 e. The van der Waals surface area contributed by atoms with E-state index in [-0.39, 0.29) is 6.03 Å². The van der Waals surface area contributed by atoms with Crippen LogP contribution in [0.3, 0.4) is 0 Å². The van der Waals surface area contributed by atoms with Crippen molar-refractivity contribution in [2.75, 3.05) is 37.6 Å². The molecule has 1 aromatic carbocycles. The van der Waals surface area contributed by atoms with E-state index in [0.29, 0.717) is 0 Å². The lowest BCUT2D eigenvalue weighted by molar-refractivity contribution is 0.194. The van der Waals surface area contributed by atoms with Crippen molar-refractivity contribution >= 4 is 27.6 Å². The average molecular weight is 368 g/mol. The fraction of sp³-hybridized carbons (Fsp3) is 0.588. The van der Waals surface area contributed by atoms with Crippen molar-refractivity contribution in [2.45, 2.75) is 33.1 Å². The molecule has 1 fully saturated rings. The number of hydrogen-bond donors (Lipinski definition) is 1. The minimum absolute atomic E-state index is 0.0841. The second kappa shape index (κ2) is 8.42. The van der Waals surface area contributed by atoms with Gasteiger partial charge in [-0.2, -0.15) is 0 Å². The molecule has 22 heavy (non-hydrogen) atoms. The second-order valence-corrected chi connectivity index (χ2v) is 6.70. The molecule has 0 saturated carbocycles. The summed E-state index contributed by atoms with van der Waals surface area (Å²) in [5.74, 6) is 0. The zero-order valence-corrected chi connectivity index (χ0v) is 15.2. The molecule has 1 aliphatic heterocycles. The highest BCUT2D eigenvalue weighted by atomic mass is 79.9. The maximum absolute atomic E-state index is 12.1. The monoisotopic (exact) mass is 367 g/mol. The number of unbranched alkanes of at least 4 members (excludes halogenated alkanes) is 2. The molecule has 1 aliphatic rings. The van der Waals surface area contributed by atoms with Crippen molar-refractivity contribution in [3.63, 3.8) is 0 Å². The predicted octanol–water partition coefficient (Wildman–Crippen LogP) is 3.78. The Bertz CT molecular complexity index is 499. The fourth-order valence-corrected chi connectivity index (χ4v) is 3.00. The standard InChI is InChI=1S/C17H26BrN3O/c1-3-4-5-8-19-17(22)21-11-9-20(10-12-21)15-7-6-14(2)16(18)13-15/h6-7,13H,3-5,8-12H2,1-2H3,(H,19,22). The molecule has 0 aromatic heterocycles. The number of benzene rings is 1. The lowest BCUT2D eigenvalue weighted by Crippen LogP contribution is -2.52. The molecule has 0 aliphatic carbocycles. The van der Waals surface area contributed by atoms with Crippen LogP contribution in [0.5, 0.6) is 0 Å². The summed E-state index contributed by atoms with van der Waals surface area (Å²) in [6.07, 6.45) is 3.43. The average Bonchev–Trinajstić information content (AvgIpc) is 2.54. The van der Waals surface area contributed by atoms with Crippen molar-refractivity contribution in [1.29, 1.82) is 0 Å². The van der Waals surface area contributed by atoms with Gasteiger partial charge in [0.05, 0.1) is 0 Å². The summed E-state index contributed by atoms with van der Waals surface area (Å²) in [4.78, 5) is 16.4. The van der Waals surface area contributed by atoms with Gasteiger partial charge < -0.3 is 15.1 Å². The first-order valence-corrected chi connectivity index (χ1v) is 8.95. The molecule has 5 heteroatoms. The van der Waals surface area contributed by atoms with E-state index in [1.807, 2.05) is 4.90 Å². The van der Waals surface area contributed by atoms with E-state index in [1.54, 1.807) is 0 Å². The van der Waals surface area contributed by atoms with E-state index in [9.17, 15) is 4.79 Å². The maximum Gasteiger partial charge on any atom is 0.317 e. The quantitative estimate of drug-likeness (QED) is 0.803. The highest BCUT2D eigenvalue weighted by Gasteiger charge is 2.21. The van der Waals surface area contributed by atoms with Gasteiger partial charge in [0.25, 0.3) is 0 Å². The first kappa shape index (κ1) is 17.1. The van der Waals surface area contributed by atoms with Crippen LogP contribution in [-0.4, -0.2) is 43.7 Å². The Morgan fingerprint density at radius 2 is 1.95 bits per heavy atom. The van der Waals surface area contributed by atoms with Gasteiger partial charge >= 0.3 is 6.03 Å². The molecular formula is C17H26BrN3O. The van der Waals surface area contributed by atoms with Crippen molar-refractivity contribution in [3.8, 4) is 0 Å². The predicted molar refractivity (Wildman–Crippen MR) is 95.6 cm³/mol. The highest BCUT2D eigenvalue weighted by molar-refractivity contribution is 9.10. The molecule has 1 aromatic rings. The molecule has 122 valence electrons. The Hall–Kier alpha value is -1.23. The van der Waals surface area contributed by atoms with Gasteiger partial charge in [0, 0.05) is 42.9 Å². The minimum Gasteiger partial charge on any atom is -0.368 e. The number of aryl methyl sites for hydroxylation is 1. The van der Waals surface area contributed by atoms with Gasteiger partial charge in [0.2, 0.25) is 0 Å². The molecule has 0 radical (unpaired) electrons. The number of piperazine rings is 1. The van der Waals surface area contributed by atoms with Gasteiger partial charge in [0.15, 0.2) is 0 Å². The number of hydrogen-bond acceptors (Lipinski definition) is 2. The molecule has 2 amide bonds. The van der Waals surface area contributed by atoms with Crippen molar-refractivity contribution < 1.29 is 4.79 Å². The second-order valence-electron chi connectivity index (χ2n) is 5.85. The summed E-state index contributed by atoms with van der Waals surface area (Å²) in [6, 6.07) is 6.53. The van der Waals surface area contributed by atoms with Gasteiger partial charge in [-0.25, -0.2) is 4.79 Å². The maximum atomic E-state index is 12.1. The zero-order chi connectivity index (χ0) is 15.9. The van der Waals surface area contributed by atoms with Gasteiger partial charge in [-0.05, 0) is 31.0 Å². The highest BCUT2D eigenvalue weighted by Crippen LogP contribution is 2.24. The van der Waals surface area contributed by atoms with Crippen LogP contribution in [0.25, 0.3) is 0 Å². The lowest BCUT2D eigenvalue weighted by Gasteiger charge is -2.36. The summed E-state index contributed by atoms with van der Waals surface area (Å²) in [6.45, 7) is 8.39. The van der Waals surface area contributed by atoms with Crippen LogP contribution in [0.15, 0.2) is 22.7 Å². The largest absolute Gasteiger partial charge is 0.368 e. The van der Waals surface area contributed by atoms with Crippen LogP contribution in [0, 0.1) is 6.92 Å². The summed E-state index contributed by atoms with van der Waals surface area (Å²) in [5.41, 5.74) is 2.47. The molecule has 1 N–H and O–H groups in total. The fourth-order valence-electron chi connectivity index (χ4n) is 2.63. The Kier molecular flexibility index (Phi) is 6.55. The normalized spacial score (nSPS) is 15.0. The van der Waals surface area contributed by atoms with Crippen molar-refractivity contribution in [2.24, 2.45) is 0 Å². The number of carbonyl (C=O) groups excluding carboxylic acids is 1. The van der Waals surface area contributed by atoms with Crippen LogP contribution in [0.2, 0.25) is 0 Å². The van der Waals surface area contributed by atoms with Crippen LogP contribution in [0.1, 0.15) is 31.7 Å². The SMILES string of the molecule is CCCCCNC(=O)N1CCN(c2ccc(C)c(Br)c2)CC1. The number of urea groups is 1. The molecule has 1 saturated heterocycles. The number of nitrogens with zero attached hydrogens (tertiary/aromatic N) is 2. The van der Waals surface area contributed by atoms with E-state index < -0.39 is 0 Å². The van der Waals surface area contributed by atoms with Crippen LogP contribution in [0.4, 0.5) is 10.5 Å². The van der Waals surface area contributed by atoms with E-state index >= 15 is 0 Å². The third-order valence-electron chi connectivity index (χ3n) is 4.14. The summed E-state index contributed by atoms with van der Waals surface area (Å²) in [7, 11) is 0. The Morgan fingerprint density at radius 1 is 1.23 bits per heavy atom. The lowest BCUT2D eigenvalue weighted by atomic mass is 10.2. The van der Waals surface area contributed by atoms with Gasteiger partial charge in [-0.3, -0.25) is 0 Å². The number of halogens is 1.